The molecular formula is C18H26N4O7. The van der Waals surface area contributed by atoms with E-state index in [0.717, 1.165) is 0 Å². The van der Waals surface area contributed by atoms with Gasteiger partial charge in [0.25, 0.3) is 0 Å². The third kappa shape index (κ3) is 7.86. The van der Waals surface area contributed by atoms with Gasteiger partial charge in [-0.1, -0.05) is 30.3 Å². The molecule has 0 saturated heterocycles. The average molecular weight is 410 g/mol. The molecule has 0 aliphatic rings. The fourth-order valence-corrected chi connectivity index (χ4v) is 2.28. The molecule has 29 heavy (non-hydrogen) atoms. The molecule has 0 aliphatic heterocycles. The molecular weight excluding hydrogens is 384 g/mol. The zero-order chi connectivity index (χ0) is 22.0. The second kappa shape index (κ2) is 11.7. The molecule has 0 bridgehead atoms. The van der Waals surface area contributed by atoms with E-state index < -0.39 is 61.1 Å². The lowest BCUT2D eigenvalue weighted by Gasteiger charge is -2.23. The van der Waals surface area contributed by atoms with Gasteiger partial charge in [-0.25, -0.2) is 4.79 Å². The van der Waals surface area contributed by atoms with Crippen molar-refractivity contribution in [2.75, 3.05) is 13.2 Å². The van der Waals surface area contributed by atoms with Gasteiger partial charge in [0, 0.05) is 6.42 Å². The predicted octanol–water partition coefficient (Wildman–Crippen LogP) is -2.90. The SMILES string of the molecule is C[C@H](NC(=O)[C@@H](N)CO)C(=O)N[C@@H](Cc1ccccc1)C(=O)N[C@@H](CO)C(=O)O. The molecule has 0 fully saturated rings. The van der Waals surface area contributed by atoms with Crippen LogP contribution in [-0.2, 0) is 25.6 Å². The van der Waals surface area contributed by atoms with Crippen LogP contribution in [0.1, 0.15) is 12.5 Å². The van der Waals surface area contributed by atoms with E-state index in [1.165, 1.54) is 6.92 Å². The fraction of sp³-hybridized carbons (Fsp3) is 0.444. The summed E-state index contributed by atoms with van der Waals surface area (Å²) in [7, 11) is 0. The van der Waals surface area contributed by atoms with E-state index in [1.807, 2.05) is 0 Å². The first-order valence-corrected chi connectivity index (χ1v) is 8.84. The first-order chi connectivity index (χ1) is 13.7. The summed E-state index contributed by atoms with van der Waals surface area (Å²) in [6.45, 7) is -0.0574. The molecule has 0 unspecified atom stereocenters. The average Bonchev–Trinajstić information content (AvgIpc) is 2.70. The minimum atomic E-state index is -1.53. The van der Waals surface area contributed by atoms with Crippen LogP contribution in [0.2, 0.25) is 0 Å². The van der Waals surface area contributed by atoms with Gasteiger partial charge in [0.1, 0.15) is 24.2 Å². The van der Waals surface area contributed by atoms with E-state index in [9.17, 15) is 19.2 Å². The number of carboxylic acid groups (broad SMARTS) is 1. The molecule has 0 aromatic heterocycles. The number of carbonyl (C=O) groups is 4. The van der Waals surface area contributed by atoms with Gasteiger partial charge >= 0.3 is 5.97 Å². The number of aliphatic carboxylic acids is 1. The largest absolute Gasteiger partial charge is 0.480 e. The van der Waals surface area contributed by atoms with Crippen LogP contribution in [-0.4, -0.2) is 76.4 Å². The smallest absolute Gasteiger partial charge is 0.328 e. The van der Waals surface area contributed by atoms with Crippen LogP contribution in [0.5, 0.6) is 0 Å². The van der Waals surface area contributed by atoms with Gasteiger partial charge < -0.3 is 37.0 Å². The maximum atomic E-state index is 12.5. The third-order valence-electron chi connectivity index (χ3n) is 4.00. The minimum absolute atomic E-state index is 0.0486. The Bertz CT molecular complexity index is 713. The first kappa shape index (κ1) is 24.0. The number of benzene rings is 1. The fourth-order valence-electron chi connectivity index (χ4n) is 2.28. The molecule has 0 radical (unpaired) electrons. The van der Waals surface area contributed by atoms with Crippen molar-refractivity contribution in [3.05, 3.63) is 35.9 Å². The van der Waals surface area contributed by atoms with E-state index in [0.29, 0.717) is 5.56 Å². The van der Waals surface area contributed by atoms with Crippen LogP contribution in [0, 0.1) is 0 Å². The number of aliphatic hydroxyl groups excluding tert-OH is 2. The lowest BCUT2D eigenvalue weighted by Crippen LogP contribution is -2.57. The first-order valence-electron chi connectivity index (χ1n) is 8.84. The lowest BCUT2D eigenvalue weighted by atomic mass is 10.0. The van der Waals surface area contributed by atoms with Gasteiger partial charge in [-0.2, -0.15) is 0 Å². The number of carbonyl (C=O) groups excluding carboxylic acids is 3. The number of aliphatic hydroxyl groups is 2. The van der Waals surface area contributed by atoms with Crippen LogP contribution in [0.25, 0.3) is 0 Å². The highest BCUT2D eigenvalue weighted by atomic mass is 16.4. The van der Waals surface area contributed by atoms with Crippen molar-refractivity contribution in [3.8, 4) is 0 Å². The number of hydrogen-bond acceptors (Lipinski definition) is 7. The van der Waals surface area contributed by atoms with E-state index in [2.05, 4.69) is 16.0 Å². The van der Waals surface area contributed by atoms with Crippen molar-refractivity contribution in [2.24, 2.45) is 5.73 Å². The third-order valence-corrected chi connectivity index (χ3v) is 4.00. The number of nitrogens with one attached hydrogen (secondary N) is 3. The van der Waals surface area contributed by atoms with E-state index in [-0.39, 0.29) is 6.42 Å². The molecule has 4 atom stereocenters. The molecule has 160 valence electrons. The number of rotatable bonds is 11. The predicted molar refractivity (Wildman–Crippen MR) is 101 cm³/mol. The second-order valence-corrected chi connectivity index (χ2v) is 6.35. The van der Waals surface area contributed by atoms with Crippen molar-refractivity contribution in [3.63, 3.8) is 0 Å². The van der Waals surface area contributed by atoms with Crippen molar-refractivity contribution in [2.45, 2.75) is 37.5 Å². The Hall–Kier alpha value is -3.02. The Morgan fingerprint density at radius 2 is 1.48 bits per heavy atom. The summed E-state index contributed by atoms with van der Waals surface area (Å²) < 4.78 is 0. The van der Waals surface area contributed by atoms with Gasteiger partial charge in [0.2, 0.25) is 17.7 Å². The summed E-state index contributed by atoms with van der Waals surface area (Å²) in [6.07, 6.45) is 0.0486. The second-order valence-electron chi connectivity index (χ2n) is 6.35. The van der Waals surface area contributed by atoms with Crippen LogP contribution in [0.4, 0.5) is 0 Å². The number of carboxylic acids is 1. The van der Waals surface area contributed by atoms with Gasteiger partial charge in [-0.15, -0.1) is 0 Å². The standard InChI is InChI=1S/C18H26N4O7/c1-10(20-16(26)12(19)8-23)15(25)21-13(7-11-5-3-2-4-6-11)17(27)22-14(9-24)18(28)29/h2-6,10,12-14,23-24H,7-9,19H2,1H3,(H,20,26)(H,21,25)(H,22,27)(H,28,29)/t10-,12-,13-,14-/m0/s1. The van der Waals surface area contributed by atoms with E-state index >= 15 is 0 Å². The summed E-state index contributed by atoms with van der Waals surface area (Å²) in [5, 5.41) is 33.9. The summed E-state index contributed by atoms with van der Waals surface area (Å²) in [5.41, 5.74) is 6.07. The topological polar surface area (TPSA) is 191 Å². The maximum absolute atomic E-state index is 12.5. The normalized spacial score (nSPS) is 14.8. The van der Waals surface area contributed by atoms with Crippen LogP contribution in [0.3, 0.4) is 0 Å². The van der Waals surface area contributed by atoms with Crippen molar-refractivity contribution >= 4 is 23.7 Å². The zero-order valence-electron chi connectivity index (χ0n) is 15.9. The molecule has 0 spiro atoms. The molecule has 1 rings (SSSR count). The molecule has 0 saturated carbocycles. The summed E-state index contributed by atoms with van der Waals surface area (Å²) in [5.74, 6) is -3.70. The van der Waals surface area contributed by atoms with Crippen molar-refractivity contribution in [1.82, 2.24) is 16.0 Å². The molecule has 1 aromatic carbocycles. The minimum Gasteiger partial charge on any atom is -0.480 e. The summed E-state index contributed by atoms with van der Waals surface area (Å²) in [4.78, 5) is 47.7. The Morgan fingerprint density at radius 3 is 2.00 bits per heavy atom. The highest BCUT2D eigenvalue weighted by Crippen LogP contribution is 2.05. The van der Waals surface area contributed by atoms with Gasteiger partial charge in [-0.3, -0.25) is 14.4 Å². The van der Waals surface area contributed by atoms with Crippen molar-refractivity contribution < 1.29 is 34.5 Å². The van der Waals surface area contributed by atoms with Gasteiger partial charge in [-0.05, 0) is 12.5 Å². The Labute approximate surface area is 167 Å². The molecule has 0 heterocycles. The van der Waals surface area contributed by atoms with E-state index in [1.54, 1.807) is 30.3 Å². The van der Waals surface area contributed by atoms with E-state index in [4.69, 9.17) is 21.1 Å². The molecule has 3 amide bonds. The molecule has 11 nitrogen and oxygen atoms in total. The monoisotopic (exact) mass is 410 g/mol. The van der Waals surface area contributed by atoms with Crippen LogP contribution >= 0.6 is 0 Å². The summed E-state index contributed by atoms with van der Waals surface area (Å²) in [6, 6.07) is 3.72. The quantitative estimate of drug-likeness (QED) is 0.202. The van der Waals surface area contributed by atoms with Crippen LogP contribution < -0.4 is 21.7 Å². The number of nitrogens with two attached hydrogens (primary N) is 1. The Morgan fingerprint density at radius 1 is 0.897 bits per heavy atom. The Kier molecular flexibility index (Phi) is 9.72. The lowest BCUT2D eigenvalue weighted by molar-refractivity contribution is -0.143. The molecule has 11 heteroatoms. The van der Waals surface area contributed by atoms with Crippen LogP contribution in [0.15, 0.2) is 30.3 Å². The molecule has 1 aromatic rings. The van der Waals surface area contributed by atoms with Gasteiger partial charge in [0.05, 0.1) is 13.2 Å². The van der Waals surface area contributed by atoms with Crippen molar-refractivity contribution in [1.29, 1.82) is 0 Å². The zero-order valence-corrected chi connectivity index (χ0v) is 15.9. The molecule has 8 N–H and O–H groups in total. The summed E-state index contributed by atoms with van der Waals surface area (Å²) >= 11 is 0. The molecule has 0 aliphatic carbocycles. The van der Waals surface area contributed by atoms with Gasteiger partial charge in [0.15, 0.2) is 0 Å². The number of amides is 3. The highest BCUT2D eigenvalue weighted by molar-refractivity contribution is 5.94. The maximum Gasteiger partial charge on any atom is 0.328 e. The highest BCUT2D eigenvalue weighted by Gasteiger charge is 2.28. The Balaban J connectivity index is 2.89. The number of hydrogen-bond donors (Lipinski definition) is 7.